The van der Waals surface area contributed by atoms with Gasteiger partial charge in [0.15, 0.2) is 5.76 Å². The van der Waals surface area contributed by atoms with Crippen molar-refractivity contribution in [3.05, 3.63) is 77.2 Å². The highest BCUT2D eigenvalue weighted by Crippen LogP contribution is 2.26. The Hall–Kier alpha value is -3.18. The molecule has 0 bridgehead atoms. The van der Waals surface area contributed by atoms with Gasteiger partial charge in [0.2, 0.25) is 10.0 Å². The van der Waals surface area contributed by atoms with Gasteiger partial charge in [-0.1, -0.05) is 17.7 Å². The number of carbonyl (C=O) groups excluding carboxylic acids is 2. The summed E-state index contributed by atoms with van der Waals surface area (Å²) < 4.78 is 42.7. The van der Waals surface area contributed by atoms with Crippen molar-refractivity contribution in [2.24, 2.45) is 0 Å². The van der Waals surface area contributed by atoms with Crippen molar-refractivity contribution < 1.29 is 31.9 Å². The number of sulfonamides is 1. The van der Waals surface area contributed by atoms with Crippen LogP contribution < -0.4 is 10.1 Å². The fourth-order valence-electron chi connectivity index (χ4n) is 3.16. The number of furan rings is 1. The van der Waals surface area contributed by atoms with Crippen molar-refractivity contribution >= 4 is 39.2 Å². The molecule has 1 fully saturated rings. The molecule has 2 aromatic carbocycles. The number of halogens is 1. The van der Waals surface area contributed by atoms with Crippen LogP contribution in [0.25, 0.3) is 0 Å². The molecule has 33 heavy (non-hydrogen) atoms. The van der Waals surface area contributed by atoms with Crippen LogP contribution >= 0.6 is 11.6 Å². The number of amides is 1. The molecule has 0 radical (unpaired) electrons. The second kappa shape index (κ2) is 9.75. The fourth-order valence-corrected chi connectivity index (χ4v) is 4.79. The molecule has 9 nitrogen and oxygen atoms in total. The van der Waals surface area contributed by atoms with Gasteiger partial charge in [0.1, 0.15) is 5.75 Å². The molecular weight excluding hydrogens is 472 g/mol. The van der Waals surface area contributed by atoms with Gasteiger partial charge in [-0.3, -0.25) is 4.79 Å². The van der Waals surface area contributed by atoms with Crippen LogP contribution in [0.4, 0.5) is 5.69 Å². The first-order chi connectivity index (χ1) is 15.8. The summed E-state index contributed by atoms with van der Waals surface area (Å²) >= 11 is 6.15. The number of carbonyl (C=O) groups is 2. The first-order valence-electron chi connectivity index (χ1n) is 9.89. The van der Waals surface area contributed by atoms with Crippen LogP contribution in [0, 0.1) is 0 Å². The summed E-state index contributed by atoms with van der Waals surface area (Å²) in [6, 6.07) is 13.1. The number of hydrogen-bond acceptors (Lipinski definition) is 7. The summed E-state index contributed by atoms with van der Waals surface area (Å²) in [5.74, 6) is -1.04. The lowest BCUT2D eigenvalue weighted by Gasteiger charge is -2.26. The largest absolute Gasteiger partial charge is 0.459 e. The Morgan fingerprint density at radius 1 is 1.03 bits per heavy atom. The van der Waals surface area contributed by atoms with E-state index in [1.807, 2.05) is 0 Å². The zero-order valence-corrected chi connectivity index (χ0v) is 18.8. The van der Waals surface area contributed by atoms with Crippen LogP contribution in [-0.2, 0) is 14.8 Å². The molecule has 0 unspecified atom stereocenters. The molecule has 1 saturated heterocycles. The van der Waals surface area contributed by atoms with Gasteiger partial charge in [-0.2, -0.15) is 4.31 Å². The SMILES string of the molecule is O=C(Nc1cccc(OC(=O)c2cc(S(=O)(=O)N3CCOCC3)ccc2Cl)c1)c1ccco1. The molecule has 1 aliphatic rings. The number of esters is 1. The standard InChI is InChI=1S/C22H19ClN2O7S/c23-19-7-6-17(33(28,29)25-8-11-30-12-9-25)14-18(19)22(27)32-16-4-1-3-15(13-16)24-21(26)20-5-2-10-31-20/h1-7,10,13-14H,8-9,11-12H2,(H,24,26). The predicted molar refractivity (Wildman–Crippen MR) is 119 cm³/mol. The van der Waals surface area contributed by atoms with E-state index in [0.29, 0.717) is 18.9 Å². The van der Waals surface area contributed by atoms with Crippen LogP contribution in [-0.4, -0.2) is 50.9 Å². The van der Waals surface area contributed by atoms with E-state index in [9.17, 15) is 18.0 Å². The van der Waals surface area contributed by atoms with Crippen molar-refractivity contribution in [2.75, 3.05) is 31.6 Å². The van der Waals surface area contributed by atoms with E-state index in [0.717, 1.165) is 0 Å². The van der Waals surface area contributed by atoms with Crippen LogP contribution in [0.3, 0.4) is 0 Å². The van der Waals surface area contributed by atoms with E-state index in [1.165, 1.54) is 47.0 Å². The molecule has 0 saturated carbocycles. The third kappa shape index (κ3) is 5.25. The number of morpholine rings is 1. The summed E-state index contributed by atoms with van der Waals surface area (Å²) in [6.45, 7) is 1.05. The molecule has 172 valence electrons. The molecule has 1 amide bonds. The minimum absolute atomic E-state index is 0.0446. The summed E-state index contributed by atoms with van der Waals surface area (Å²) in [4.78, 5) is 24.8. The quantitative estimate of drug-likeness (QED) is 0.415. The highest BCUT2D eigenvalue weighted by atomic mass is 35.5. The monoisotopic (exact) mass is 490 g/mol. The van der Waals surface area contributed by atoms with Crippen molar-refractivity contribution in [3.63, 3.8) is 0 Å². The Bertz CT molecular complexity index is 1270. The molecule has 2 heterocycles. The Morgan fingerprint density at radius 2 is 1.82 bits per heavy atom. The second-order valence-corrected chi connectivity index (χ2v) is 9.35. The predicted octanol–water partition coefficient (Wildman–Crippen LogP) is 3.43. The van der Waals surface area contributed by atoms with Gasteiger partial charge in [-0.05, 0) is 42.5 Å². The van der Waals surface area contributed by atoms with Gasteiger partial charge < -0.3 is 19.2 Å². The van der Waals surface area contributed by atoms with Crippen molar-refractivity contribution in [1.82, 2.24) is 4.31 Å². The maximum absolute atomic E-state index is 12.9. The Morgan fingerprint density at radius 3 is 2.55 bits per heavy atom. The zero-order chi connectivity index (χ0) is 23.4. The normalized spacial score (nSPS) is 14.6. The average molecular weight is 491 g/mol. The van der Waals surface area contributed by atoms with Crippen LogP contribution in [0.15, 0.2) is 70.2 Å². The number of benzene rings is 2. The number of anilines is 1. The summed E-state index contributed by atoms with van der Waals surface area (Å²) in [7, 11) is -3.82. The van der Waals surface area contributed by atoms with E-state index >= 15 is 0 Å². The highest BCUT2D eigenvalue weighted by molar-refractivity contribution is 7.89. The number of hydrogen-bond donors (Lipinski definition) is 1. The molecule has 0 atom stereocenters. The van der Waals surface area contributed by atoms with Crippen molar-refractivity contribution in [3.8, 4) is 5.75 Å². The molecule has 4 rings (SSSR count). The van der Waals surface area contributed by atoms with Gasteiger partial charge >= 0.3 is 5.97 Å². The maximum atomic E-state index is 12.9. The van der Waals surface area contributed by atoms with E-state index < -0.39 is 21.9 Å². The zero-order valence-electron chi connectivity index (χ0n) is 17.2. The molecule has 1 aliphatic heterocycles. The smallest absolute Gasteiger partial charge is 0.345 e. The van der Waals surface area contributed by atoms with Crippen LogP contribution in [0.5, 0.6) is 5.75 Å². The highest BCUT2D eigenvalue weighted by Gasteiger charge is 2.28. The molecule has 3 aromatic rings. The second-order valence-electron chi connectivity index (χ2n) is 7.01. The van der Waals surface area contributed by atoms with Gasteiger partial charge in [0.25, 0.3) is 5.91 Å². The number of nitrogens with zero attached hydrogens (tertiary/aromatic N) is 1. The van der Waals surface area contributed by atoms with E-state index in [2.05, 4.69) is 5.32 Å². The third-order valence-corrected chi connectivity index (χ3v) is 7.04. The third-order valence-electron chi connectivity index (χ3n) is 4.81. The number of ether oxygens (including phenoxy) is 2. The summed E-state index contributed by atoms with van der Waals surface area (Å²) in [6.07, 6.45) is 1.38. The summed E-state index contributed by atoms with van der Waals surface area (Å²) in [5.41, 5.74) is 0.271. The molecule has 0 aliphatic carbocycles. The number of nitrogens with one attached hydrogen (secondary N) is 1. The molecule has 1 N–H and O–H groups in total. The average Bonchev–Trinajstić information content (AvgIpc) is 3.35. The van der Waals surface area contributed by atoms with Crippen LogP contribution in [0.1, 0.15) is 20.9 Å². The number of rotatable bonds is 6. The minimum Gasteiger partial charge on any atom is -0.459 e. The first-order valence-corrected chi connectivity index (χ1v) is 11.7. The Kier molecular flexibility index (Phi) is 6.80. The fraction of sp³-hybridized carbons (Fsp3) is 0.182. The lowest BCUT2D eigenvalue weighted by molar-refractivity contribution is 0.0727. The van der Waals surface area contributed by atoms with Gasteiger partial charge in [-0.15, -0.1) is 0 Å². The van der Waals surface area contributed by atoms with Crippen molar-refractivity contribution in [1.29, 1.82) is 0 Å². The molecule has 0 spiro atoms. The minimum atomic E-state index is -3.82. The molecule has 1 aromatic heterocycles. The van der Waals surface area contributed by atoms with Gasteiger partial charge in [-0.25, -0.2) is 13.2 Å². The Balaban J connectivity index is 1.52. The summed E-state index contributed by atoms with van der Waals surface area (Å²) in [5, 5.41) is 2.67. The van der Waals surface area contributed by atoms with Crippen molar-refractivity contribution in [2.45, 2.75) is 4.90 Å². The molecule has 11 heteroatoms. The maximum Gasteiger partial charge on any atom is 0.345 e. The van der Waals surface area contributed by atoms with Crippen LogP contribution in [0.2, 0.25) is 5.02 Å². The van der Waals surface area contributed by atoms with E-state index in [-0.39, 0.29) is 40.1 Å². The first kappa shape index (κ1) is 23.0. The lowest BCUT2D eigenvalue weighted by Crippen LogP contribution is -2.40. The van der Waals surface area contributed by atoms with Gasteiger partial charge in [0.05, 0.1) is 35.0 Å². The lowest BCUT2D eigenvalue weighted by atomic mass is 10.2. The van der Waals surface area contributed by atoms with E-state index in [4.69, 9.17) is 25.5 Å². The Labute approximate surface area is 194 Å². The topological polar surface area (TPSA) is 115 Å². The molecular formula is C22H19ClN2O7S. The van der Waals surface area contributed by atoms with Gasteiger partial charge in [0, 0.05) is 24.8 Å². The van der Waals surface area contributed by atoms with E-state index in [1.54, 1.807) is 18.2 Å².